The summed E-state index contributed by atoms with van der Waals surface area (Å²) in [4.78, 5) is 6.34. The molecule has 0 saturated carbocycles. The third-order valence-electron chi connectivity index (χ3n) is 3.47. The van der Waals surface area contributed by atoms with Gasteiger partial charge in [0.05, 0.1) is 0 Å². The van der Waals surface area contributed by atoms with E-state index in [1.165, 1.54) is 11.1 Å². The maximum Gasteiger partial charge on any atom is 0.213 e. The van der Waals surface area contributed by atoms with Crippen LogP contribution in [-0.4, -0.2) is 42.2 Å². The molecule has 26 heavy (non-hydrogen) atoms. The van der Waals surface area contributed by atoms with E-state index in [2.05, 4.69) is 32.7 Å². The van der Waals surface area contributed by atoms with Crippen LogP contribution < -0.4 is 15.4 Å². The molecule has 0 atom stereocenters. The van der Waals surface area contributed by atoms with Crippen LogP contribution in [0.3, 0.4) is 0 Å². The number of hydrogen-bond acceptors (Lipinski definition) is 4. The van der Waals surface area contributed by atoms with E-state index in [0.717, 1.165) is 6.54 Å². The molecule has 2 aromatic rings. The predicted octanol–water partition coefficient (Wildman–Crippen LogP) is 2.74. The van der Waals surface area contributed by atoms with E-state index in [0.29, 0.717) is 30.7 Å². The standard InChI is InChI=1S/C20H26N4OS/c1-24(2)16-18-10-12-21-19(14-18)25-13-7-6-11-22-20(26)23-15-17-8-4-3-5-9-17/h3-10,12,14H,11,13,15-16H2,1-2H3,(H2,22,23,26)/b7-6-. The van der Waals surface area contributed by atoms with Crippen LogP contribution in [-0.2, 0) is 13.1 Å². The molecule has 0 spiro atoms. The molecule has 1 aromatic carbocycles. The zero-order chi connectivity index (χ0) is 18.6. The quantitative estimate of drug-likeness (QED) is 0.523. The summed E-state index contributed by atoms with van der Waals surface area (Å²) in [5.41, 5.74) is 2.38. The smallest absolute Gasteiger partial charge is 0.213 e. The molecule has 1 heterocycles. The summed E-state index contributed by atoms with van der Waals surface area (Å²) < 4.78 is 5.65. The van der Waals surface area contributed by atoms with Gasteiger partial charge in [0, 0.05) is 31.9 Å². The number of benzene rings is 1. The van der Waals surface area contributed by atoms with Gasteiger partial charge in [0.25, 0.3) is 0 Å². The van der Waals surface area contributed by atoms with Crippen molar-refractivity contribution in [3.63, 3.8) is 0 Å². The van der Waals surface area contributed by atoms with Crippen LogP contribution in [0.1, 0.15) is 11.1 Å². The number of aromatic nitrogens is 1. The van der Waals surface area contributed by atoms with Crippen molar-refractivity contribution in [2.24, 2.45) is 0 Å². The van der Waals surface area contributed by atoms with Crippen molar-refractivity contribution in [1.29, 1.82) is 0 Å². The van der Waals surface area contributed by atoms with Gasteiger partial charge in [-0.05, 0) is 49.6 Å². The molecule has 0 aliphatic heterocycles. The molecule has 0 saturated heterocycles. The Hall–Kier alpha value is -2.44. The molecular weight excluding hydrogens is 344 g/mol. The van der Waals surface area contributed by atoms with Crippen molar-refractivity contribution in [3.8, 4) is 5.88 Å². The number of ether oxygens (including phenoxy) is 1. The van der Waals surface area contributed by atoms with E-state index >= 15 is 0 Å². The Balaban J connectivity index is 1.61. The van der Waals surface area contributed by atoms with Gasteiger partial charge < -0.3 is 20.3 Å². The van der Waals surface area contributed by atoms with Crippen molar-refractivity contribution in [2.75, 3.05) is 27.2 Å². The van der Waals surface area contributed by atoms with E-state index in [1.807, 2.05) is 56.6 Å². The number of nitrogens with one attached hydrogen (secondary N) is 2. The maximum atomic E-state index is 5.65. The van der Waals surface area contributed by atoms with Gasteiger partial charge in [-0.3, -0.25) is 0 Å². The first-order valence-electron chi connectivity index (χ1n) is 8.56. The van der Waals surface area contributed by atoms with Crippen LogP contribution in [0.25, 0.3) is 0 Å². The summed E-state index contributed by atoms with van der Waals surface area (Å²) in [7, 11) is 4.08. The molecule has 5 nitrogen and oxygen atoms in total. The minimum Gasteiger partial charge on any atom is -0.473 e. The monoisotopic (exact) mass is 370 g/mol. The molecule has 0 amide bonds. The van der Waals surface area contributed by atoms with Crippen LogP contribution in [0.15, 0.2) is 60.8 Å². The highest BCUT2D eigenvalue weighted by atomic mass is 32.1. The minimum atomic E-state index is 0.476. The topological polar surface area (TPSA) is 49.4 Å². The number of pyridine rings is 1. The van der Waals surface area contributed by atoms with Gasteiger partial charge in [-0.2, -0.15) is 0 Å². The number of thiocarbonyl (C=S) groups is 1. The highest BCUT2D eigenvalue weighted by Crippen LogP contribution is 2.10. The van der Waals surface area contributed by atoms with Crippen molar-refractivity contribution in [1.82, 2.24) is 20.5 Å². The average Bonchev–Trinajstić information content (AvgIpc) is 2.63. The third-order valence-corrected chi connectivity index (χ3v) is 3.76. The second-order valence-electron chi connectivity index (χ2n) is 6.07. The molecule has 0 bridgehead atoms. The van der Waals surface area contributed by atoms with E-state index < -0.39 is 0 Å². The van der Waals surface area contributed by atoms with Gasteiger partial charge in [0.15, 0.2) is 5.11 Å². The SMILES string of the molecule is CN(C)Cc1ccnc(OC/C=C\CNC(=S)NCc2ccccc2)c1. The Labute approximate surface area is 161 Å². The largest absolute Gasteiger partial charge is 0.473 e. The fourth-order valence-electron chi connectivity index (χ4n) is 2.27. The average molecular weight is 371 g/mol. The fourth-order valence-corrected chi connectivity index (χ4v) is 2.43. The second kappa shape index (κ2) is 11.2. The van der Waals surface area contributed by atoms with Crippen LogP contribution >= 0.6 is 12.2 Å². The van der Waals surface area contributed by atoms with E-state index in [4.69, 9.17) is 17.0 Å². The zero-order valence-electron chi connectivity index (χ0n) is 15.3. The highest BCUT2D eigenvalue weighted by molar-refractivity contribution is 7.80. The summed E-state index contributed by atoms with van der Waals surface area (Å²) in [5, 5.41) is 6.95. The van der Waals surface area contributed by atoms with Crippen molar-refractivity contribution in [2.45, 2.75) is 13.1 Å². The van der Waals surface area contributed by atoms with E-state index in [-0.39, 0.29) is 0 Å². The third kappa shape index (κ3) is 8.09. The summed E-state index contributed by atoms with van der Waals surface area (Å²) >= 11 is 5.26. The van der Waals surface area contributed by atoms with Crippen LogP contribution in [0, 0.1) is 0 Å². The molecule has 1 aromatic heterocycles. The van der Waals surface area contributed by atoms with Crippen LogP contribution in [0.2, 0.25) is 0 Å². The zero-order valence-corrected chi connectivity index (χ0v) is 16.1. The lowest BCUT2D eigenvalue weighted by atomic mass is 10.2. The van der Waals surface area contributed by atoms with Crippen LogP contribution in [0.4, 0.5) is 0 Å². The Morgan fingerprint density at radius 1 is 1.12 bits per heavy atom. The predicted molar refractivity (Wildman–Crippen MR) is 110 cm³/mol. The van der Waals surface area contributed by atoms with Crippen molar-refractivity contribution >= 4 is 17.3 Å². The molecule has 0 radical (unpaired) electrons. The lowest BCUT2D eigenvalue weighted by molar-refractivity contribution is 0.345. The highest BCUT2D eigenvalue weighted by Gasteiger charge is 1.99. The Morgan fingerprint density at radius 2 is 1.92 bits per heavy atom. The molecule has 2 N–H and O–H groups in total. The summed E-state index contributed by atoms with van der Waals surface area (Å²) in [6.45, 7) is 2.71. The lowest BCUT2D eigenvalue weighted by Crippen LogP contribution is -2.34. The molecule has 138 valence electrons. The molecule has 0 aliphatic rings. The van der Waals surface area contributed by atoms with Gasteiger partial charge >= 0.3 is 0 Å². The first-order valence-corrected chi connectivity index (χ1v) is 8.97. The van der Waals surface area contributed by atoms with E-state index in [9.17, 15) is 0 Å². The number of rotatable bonds is 9. The molecular formula is C20H26N4OS. The van der Waals surface area contributed by atoms with Crippen LogP contribution in [0.5, 0.6) is 5.88 Å². The number of nitrogens with zero attached hydrogens (tertiary/aromatic N) is 2. The Morgan fingerprint density at radius 3 is 2.69 bits per heavy atom. The fraction of sp³-hybridized carbons (Fsp3) is 0.300. The van der Waals surface area contributed by atoms with Crippen molar-refractivity contribution in [3.05, 3.63) is 71.9 Å². The molecule has 2 rings (SSSR count). The summed E-state index contributed by atoms with van der Waals surface area (Å²) in [6, 6.07) is 14.1. The molecule has 0 unspecified atom stereocenters. The van der Waals surface area contributed by atoms with E-state index in [1.54, 1.807) is 6.20 Å². The van der Waals surface area contributed by atoms with Gasteiger partial charge in [-0.15, -0.1) is 0 Å². The maximum absolute atomic E-state index is 5.65. The first-order chi connectivity index (χ1) is 12.6. The van der Waals surface area contributed by atoms with Gasteiger partial charge in [0.1, 0.15) is 6.61 Å². The lowest BCUT2D eigenvalue weighted by Gasteiger charge is -2.10. The van der Waals surface area contributed by atoms with Crippen molar-refractivity contribution < 1.29 is 4.74 Å². The molecule has 0 aliphatic carbocycles. The van der Waals surface area contributed by atoms with Gasteiger partial charge in [0.2, 0.25) is 5.88 Å². The summed E-state index contributed by atoms with van der Waals surface area (Å²) in [5.74, 6) is 0.641. The normalized spacial score (nSPS) is 10.9. The Kier molecular flexibility index (Phi) is 8.59. The van der Waals surface area contributed by atoms with Gasteiger partial charge in [-0.1, -0.05) is 36.4 Å². The summed E-state index contributed by atoms with van der Waals surface area (Å²) in [6.07, 6.45) is 5.71. The number of hydrogen-bond donors (Lipinski definition) is 2. The molecule has 6 heteroatoms. The molecule has 0 fully saturated rings. The second-order valence-corrected chi connectivity index (χ2v) is 6.48. The van der Waals surface area contributed by atoms with Gasteiger partial charge in [-0.25, -0.2) is 4.98 Å². The minimum absolute atomic E-state index is 0.476. The Bertz CT molecular complexity index is 704. The first kappa shape index (κ1) is 19.9.